The maximum absolute atomic E-state index is 14.7. The molecule has 31 heavy (non-hydrogen) atoms. The minimum Gasteiger partial charge on any atom is -0.462 e. The Morgan fingerprint density at radius 2 is 1.84 bits per heavy atom. The van der Waals surface area contributed by atoms with Gasteiger partial charge in [0.1, 0.15) is 23.9 Å². The zero-order valence-electron chi connectivity index (χ0n) is 17.2. The van der Waals surface area contributed by atoms with Crippen molar-refractivity contribution in [2.45, 2.75) is 25.2 Å². The van der Waals surface area contributed by atoms with Crippen molar-refractivity contribution in [1.82, 2.24) is 9.80 Å². The number of carbonyl (C=O) groups is 2. The van der Waals surface area contributed by atoms with Gasteiger partial charge in [0, 0.05) is 16.7 Å². The predicted octanol–water partition coefficient (Wildman–Crippen LogP) is 3.96. The van der Waals surface area contributed by atoms with Crippen LogP contribution in [0.4, 0.5) is 14.5 Å². The van der Waals surface area contributed by atoms with Gasteiger partial charge >= 0.3 is 11.9 Å². The zero-order valence-corrected chi connectivity index (χ0v) is 18.0. The molecule has 0 saturated carbocycles. The number of fused-ring (bicyclic) bond motifs is 2. The van der Waals surface area contributed by atoms with E-state index < -0.39 is 39.0 Å². The summed E-state index contributed by atoms with van der Waals surface area (Å²) in [5, 5.41) is 3.82. The number of rotatable bonds is 4. The summed E-state index contributed by atoms with van der Waals surface area (Å²) < 4.78 is 34.0. The Kier molecular flexibility index (Phi) is 5.85. The van der Waals surface area contributed by atoms with Gasteiger partial charge in [-0.1, -0.05) is 17.7 Å². The second-order valence-electron chi connectivity index (χ2n) is 8.18. The van der Waals surface area contributed by atoms with E-state index >= 15 is 0 Å². The van der Waals surface area contributed by atoms with Crippen molar-refractivity contribution in [1.29, 1.82) is 0 Å². The summed E-state index contributed by atoms with van der Waals surface area (Å²) in [5.74, 6) is -3.29. The van der Waals surface area contributed by atoms with Gasteiger partial charge in [0.25, 0.3) is 0 Å². The summed E-state index contributed by atoms with van der Waals surface area (Å²) in [7, 11) is 0. The van der Waals surface area contributed by atoms with E-state index in [4.69, 9.17) is 16.3 Å². The fourth-order valence-corrected chi connectivity index (χ4v) is 5.24. The average Bonchev–Trinajstić information content (AvgIpc) is 2.98. The Hall–Kier alpha value is -2.35. The molecule has 0 radical (unpaired) electrons. The largest absolute Gasteiger partial charge is 0.462 e. The first-order chi connectivity index (χ1) is 14.8. The number of nitrogens with zero attached hydrogens (tertiary/aromatic N) is 1. The van der Waals surface area contributed by atoms with Gasteiger partial charge in [0.15, 0.2) is 12.1 Å². The van der Waals surface area contributed by atoms with Crippen LogP contribution in [0.2, 0.25) is 5.02 Å². The normalized spacial score (nSPS) is 21.7. The Morgan fingerprint density at radius 3 is 2.48 bits per heavy atom. The molecule has 0 aliphatic carbocycles. The third-order valence-electron chi connectivity index (χ3n) is 6.39. The topological polar surface area (TPSA) is 55.4 Å². The molecule has 2 aliphatic heterocycles. The average molecular weight is 450 g/mol. The number of amides is 1. The molecule has 4 rings (SSSR count). The molecule has 1 spiro atoms. The molecule has 1 N–H and O–H groups in total. The number of hydrogen-bond donors (Lipinski definition) is 1. The van der Waals surface area contributed by atoms with Crippen LogP contribution in [0.25, 0.3) is 0 Å². The second-order valence-corrected chi connectivity index (χ2v) is 8.62. The highest BCUT2D eigenvalue weighted by Crippen LogP contribution is 2.51. The van der Waals surface area contributed by atoms with Crippen LogP contribution in [-0.4, -0.2) is 44.7 Å². The van der Waals surface area contributed by atoms with Gasteiger partial charge in [0.05, 0.1) is 12.0 Å². The number of piperidine rings is 1. The highest BCUT2D eigenvalue weighted by molar-refractivity contribution is 6.30. The molecule has 1 unspecified atom stereocenters. The first-order valence-corrected chi connectivity index (χ1v) is 10.7. The lowest BCUT2D eigenvalue weighted by molar-refractivity contribution is -0.143. The molecule has 8 heteroatoms. The van der Waals surface area contributed by atoms with Crippen LogP contribution >= 0.6 is 11.6 Å². The number of carbonyl (C=O) groups excluding carboxylic acids is 2. The standard InChI is InChI=1S/C23H24ClF2N2O3/c1-2-31-20(29)13-28(22(30)21-17(25)4-3-5-18(21)26)14-23(8-10-27-11-9-23)16-12-15(24)6-7-19(16)28/h3-7,12,27H,2,8-11,13-14H2,1H3/q+1. The molecule has 2 aromatic carbocycles. The van der Waals surface area contributed by atoms with Gasteiger partial charge in [-0.3, -0.25) is 0 Å². The van der Waals surface area contributed by atoms with Crippen molar-refractivity contribution in [3.8, 4) is 0 Å². The van der Waals surface area contributed by atoms with Gasteiger partial charge in [-0.15, -0.1) is 0 Å². The van der Waals surface area contributed by atoms with E-state index in [1.165, 1.54) is 6.07 Å². The summed E-state index contributed by atoms with van der Waals surface area (Å²) >= 11 is 6.30. The first kappa shape index (κ1) is 21.9. The molecule has 1 saturated heterocycles. The summed E-state index contributed by atoms with van der Waals surface area (Å²) in [4.78, 5) is 26.5. The van der Waals surface area contributed by atoms with Crippen LogP contribution < -0.4 is 9.80 Å². The molecule has 1 atom stereocenters. The lowest BCUT2D eigenvalue weighted by atomic mass is 9.75. The van der Waals surface area contributed by atoms with Crippen molar-refractivity contribution in [3.05, 3.63) is 64.2 Å². The van der Waals surface area contributed by atoms with Crippen LogP contribution in [0.5, 0.6) is 0 Å². The van der Waals surface area contributed by atoms with E-state index in [0.29, 0.717) is 10.7 Å². The molecule has 0 bridgehead atoms. The fourth-order valence-electron chi connectivity index (χ4n) is 5.06. The lowest BCUT2D eigenvalue weighted by Gasteiger charge is -2.36. The zero-order chi connectivity index (χ0) is 22.2. The van der Waals surface area contributed by atoms with Crippen molar-refractivity contribution in [2.24, 2.45) is 0 Å². The number of ether oxygens (including phenoxy) is 1. The third kappa shape index (κ3) is 3.64. The van der Waals surface area contributed by atoms with Crippen molar-refractivity contribution in [2.75, 3.05) is 32.8 Å². The Morgan fingerprint density at radius 1 is 1.16 bits per heavy atom. The molecule has 2 aliphatic rings. The number of hydrogen-bond acceptors (Lipinski definition) is 4. The number of halogens is 3. The molecule has 5 nitrogen and oxygen atoms in total. The fraction of sp³-hybridized carbons (Fsp3) is 0.391. The molecule has 1 amide bonds. The monoisotopic (exact) mass is 449 g/mol. The van der Waals surface area contributed by atoms with Crippen molar-refractivity contribution in [3.63, 3.8) is 0 Å². The van der Waals surface area contributed by atoms with Crippen LogP contribution in [0.3, 0.4) is 0 Å². The Labute approximate surface area is 184 Å². The first-order valence-electron chi connectivity index (χ1n) is 10.4. The molecule has 2 heterocycles. The van der Waals surface area contributed by atoms with E-state index in [1.54, 1.807) is 19.1 Å². The Bertz CT molecular complexity index is 1020. The predicted molar refractivity (Wildman–Crippen MR) is 114 cm³/mol. The maximum atomic E-state index is 14.7. The Balaban J connectivity index is 1.93. The van der Waals surface area contributed by atoms with Gasteiger partial charge in [-0.25, -0.2) is 22.9 Å². The van der Waals surface area contributed by atoms with Crippen LogP contribution in [0.1, 0.15) is 35.7 Å². The van der Waals surface area contributed by atoms with Crippen LogP contribution in [0.15, 0.2) is 36.4 Å². The molecular formula is C23H24ClF2N2O3+. The van der Waals surface area contributed by atoms with E-state index in [1.807, 2.05) is 6.07 Å². The van der Waals surface area contributed by atoms with Crippen molar-refractivity contribution >= 4 is 29.2 Å². The number of benzene rings is 2. The minimum atomic E-state index is -0.951. The summed E-state index contributed by atoms with van der Waals surface area (Å²) in [5.41, 5.74) is 0.330. The van der Waals surface area contributed by atoms with E-state index in [0.717, 1.165) is 43.6 Å². The summed E-state index contributed by atoms with van der Waals surface area (Å²) in [6.07, 6.45) is 1.44. The summed E-state index contributed by atoms with van der Waals surface area (Å²) in [6, 6.07) is 8.47. The quantitative estimate of drug-likeness (QED) is 0.567. The van der Waals surface area contributed by atoms with Gasteiger partial charge < -0.3 is 10.1 Å². The number of esters is 1. The highest BCUT2D eigenvalue weighted by Gasteiger charge is 2.59. The lowest BCUT2D eigenvalue weighted by Crippen LogP contribution is -2.59. The summed E-state index contributed by atoms with van der Waals surface area (Å²) in [6.45, 7) is 3.15. The van der Waals surface area contributed by atoms with Crippen LogP contribution in [0, 0.1) is 11.6 Å². The highest BCUT2D eigenvalue weighted by atomic mass is 35.5. The maximum Gasteiger partial charge on any atom is 0.362 e. The third-order valence-corrected chi connectivity index (χ3v) is 6.63. The number of quaternary nitrogens is 1. The van der Waals surface area contributed by atoms with Crippen LogP contribution in [-0.2, 0) is 14.9 Å². The van der Waals surface area contributed by atoms with Gasteiger partial charge in [-0.2, -0.15) is 0 Å². The van der Waals surface area contributed by atoms with Gasteiger partial charge in [-0.05, 0) is 57.1 Å². The molecule has 2 aromatic rings. The van der Waals surface area contributed by atoms with Gasteiger partial charge in [0.2, 0.25) is 0 Å². The van der Waals surface area contributed by atoms with E-state index in [-0.39, 0.29) is 19.7 Å². The SMILES string of the molecule is CCOC(=O)C[N+]1(C(=O)c2c(F)cccc2F)CC2(CCNCC2)c2cc(Cl)ccc21. The molecular weight excluding hydrogens is 426 g/mol. The molecule has 164 valence electrons. The molecule has 0 aromatic heterocycles. The second kappa shape index (κ2) is 8.30. The minimum absolute atomic E-state index is 0.142. The van der Waals surface area contributed by atoms with E-state index in [2.05, 4.69) is 5.32 Å². The smallest absolute Gasteiger partial charge is 0.362 e. The van der Waals surface area contributed by atoms with E-state index in [9.17, 15) is 18.4 Å². The molecule has 1 fully saturated rings. The van der Waals surface area contributed by atoms with Crippen molar-refractivity contribution < 1.29 is 23.1 Å². The number of nitrogens with one attached hydrogen (secondary N) is 1.